The third kappa shape index (κ3) is 2.88. The van der Waals surface area contributed by atoms with Gasteiger partial charge in [0, 0.05) is 12.0 Å². The van der Waals surface area contributed by atoms with E-state index in [1.165, 1.54) is 6.08 Å². The van der Waals surface area contributed by atoms with Crippen LogP contribution in [0.5, 0.6) is 0 Å². The molecule has 1 aliphatic rings. The summed E-state index contributed by atoms with van der Waals surface area (Å²) >= 11 is 0. The van der Waals surface area contributed by atoms with E-state index in [2.05, 4.69) is 13.2 Å². The van der Waals surface area contributed by atoms with Crippen molar-refractivity contribution in [1.82, 2.24) is 0 Å². The monoisotopic (exact) mass is 168 g/mol. The van der Waals surface area contributed by atoms with Crippen molar-refractivity contribution >= 4 is 5.97 Å². The number of carbonyl (C=O) groups excluding carboxylic acids is 1. The third-order valence-electron chi connectivity index (χ3n) is 1.50. The van der Waals surface area contributed by atoms with E-state index in [4.69, 9.17) is 9.47 Å². The standard InChI is InChI=1S/C9H12O3/c1-3-4-11-9(10)7(2)5-8-6-12-8/h3,8H,1-2,4-6H2. The fraction of sp³-hybridized carbons (Fsp3) is 0.444. The Morgan fingerprint density at radius 1 is 1.75 bits per heavy atom. The summed E-state index contributed by atoms with van der Waals surface area (Å²) < 4.78 is 9.71. The van der Waals surface area contributed by atoms with Crippen LogP contribution in [-0.4, -0.2) is 25.3 Å². The van der Waals surface area contributed by atoms with Crippen LogP contribution in [0.1, 0.15) is 6.42 Å². The van der Waals surface area contributed by atoms with Gasteiger partial charge in [0.25, 0.3) is 0 Å². The molecule has 1 unspecified atom stereocenters. The first-order chi connectivity index (χ1) is 5.74. The van der Waals surface area contributed by atoms with Crippen LogP contribution in [0.25, 0.3) is 0 Å². The quantitative estimate of drug-likeness (QED) is 0.267. The van der Waals surface area contributed by atoms with Gasteiger partial charge >= 0.3 is 5.97 Å². The van der Waals surface area contributed by atoms with E-state index in [0.717, 1.165) is 6.61 Å². The summed E-state index contributed by atoms with van der Waals surface area (Å²) in [6.45, 7) is 8.00. The van der Waals surface area contributed by atoms with Crippen molar-refractivity contribution in [3.8, 4) is 0 Å². The fourth-order valence-electron chi connectivity index (χ4n) is 0.781. The zero-order valence-corrected chi connectivity index (χ0v) is 6.91. The average molecular weight is 168 g/mol. The van der Waals surface area contributed by atoms with Crippen molar-refractivity contribution in [2.45, 2.75) is 12.5 Å². The molecule has 1 heterocycles. The molecule has 3 heteroatoms. The highest BCUT2D eigenvalue weighted by Gasteiger charge is 2.25. The minimum atomic E-state index is -0.356. The fourth-order valence-corrected chi connectivity index (χ4v) is 0.781. The molecule has 1 atom stereocenters. The summed E-state index contributed by atoms with van der Waals surface area (Å²) in [5.74, 6) is -0.356. The van der Waals surface area contributed by atoms with Gasteiger partial charge in [-0.25, -0.2) is 4.79 Å². The van der Waals surface area contributed by atoms with Crippen LogP contribution in [0, 0.1) is 0 Å². The molecule has 3 nitrogen and oxygen atoms in total. The SMILES string of the molecule is C=CCOC(=O)C(=C)CC1CO1. The van der Waals surface area contributed by atoms with Crippen molar-refractivity contribution in [3.05, 3.63) is 24.8 Å². The Morgan fingerprint density at radius 2 is 2.42 bits per heavy atom. The van der Waals surface area contributed by atoms with Crippen molar-refractivity contribution in [1.29, 1.82) is 0 Å². The largest absolute Gasteiger partial charge is 0.458 e. The van der Waals surface area contributed by atoms with Gasteiger partial charge in [-0.3, -0.25) is 0 Å². The van der Waals surface area contributed by atoms with Gasteiger partial charge in [0.15, 0.2) is 0 Å². The van der Waals surface area contributed by atoms with Gasteiger partial charge in [-0.2, -0.15) is 0 Å². The molecule has 0 aromatic heterocycles. The van der Waals surface area contributed by atoms with E-state index in [9.17, 15) is 4.79 Å². The Bertz CT molecular complexity index is 204. The minimum Gasteiger partial charge on any atom is -0.458 e. The maximum atomic E-state index is 11.0. The molecule has 0 N–H and O–H groups in total. The molecule has 1 saturated heterocycles. The highest BCUT2D eigenvalue weighted by molar-refractivity contribution is 5.87. The number of carbonyl (C=O) groups is 1. The van der Waals surface area contributed by atoms with Crippen LogP contribution < -0.4 is 0 Å². The molecule has 0 aromatic rings. The molecule has 0 bridgehead atoms. The van der Waals surface area contributed by atoms with Crippen LogP contribution in [-0.2, 0) is 14.3 Å². The van der Waals surface area contributed by atoms with Crippen LogP contribution in [0.4, 0.5) is 0 Å². The molecule has 1 aliphatic heterocycles. The topological polar surface area (TPSA) is 38.8 Å². The number of hydrogen-bond acceptors (Lipinski definition) is 3. The molecular formula is C9H12O3. The molecular weight excluding hydrogens is 156 g/mol. The number of hydrogen-bond donors (Lipinski definition) is 0. The van der Waals surface area contributed by atoms with Gasteiger partial charge in [-0.15, -0.1) is 0 Å². The lowest BCUT2D eigenvalue weighted by molar-refractivity contribution is -0.138. The van der Waals surface area contributed by atoms with Crippen molar-refractivity contribution < 1.29 is 14.3 Å². The molecule has 0 amide bonds. The van der Waals surface area contributed by atoms with E-state index in [1.807, 2.05) is 0 Å². The first-order valence-corrected chi connectivity index (χ1v) is 3.81. The third-order valence-corrected chi connectivity index (χ3v) is 1.50. The Kier molecular flexibility index (Phi) is 3.05. The van der Waals surface area contributed by atoms with E-state index in [0.29, 0.717) is 12.0 Å². The molecule has 12 heavy (non-hydrogen) atoms. The van der Waals surface area contributed by atoms with Gasteiger partial charge < -0.3 is 9.47 Å². The molecule has 1 rings (SSSR count). The van der Waals surface area contributed by atoms with Crippen LogP contribution in [0.15, 0.2) is 24.8 Å². The number of epoxide rings is 1. The predicted octanol–water partition coefficient (Wildman–Crippen LogP) is 1.06. The van der Waals surface area contributed by atoms with Gasteiger partial charge in [-0.1, -0.05) is 19.2 Å². The van der Waals surface area contributed by atoms with Gasteiger partial charge in [0.2, 0.25) is 0 Å². The summed E-state index contributed by atoms with van der Waals surface area (Å²) in [6.07, 6.45) is 2.29. The molecule has 0 radical (unpaired) electrons. The van der Waals surface area contributed by atoms with Crippen LogP contribution in [0.3, 0.4) is 0 Å². The Hall–Kier alpha value is -1.09. The van der Waals surface area contributed by atoms with Gasteiger partial charge in [0.1, 0.15) is 6.61 Å². The smallest absolute Gasteiger partial charge is 0.333 e. The predicted molar refractivity (Wildman–Crippen MR) is 44.7 cm³/mol. The van der Waals surface area contributed by atoms with Crippen molar-refractivity contribution in [3.63, 3.8) is 0 Å². The number of ether oxygens (including phenoxy) is 2. The minimum absolute atomic E-state index is 0.189. The Balaban J connectivity index is 2.19. The van der Waals surface area contributed by atoms with Crippen molar-refractivity contribution in [2.24, 2.45) is 0 Å². The number of rotatable bonds is 5. The first-order valence-electron chi connectivity index (χ1n) is 3.81. The van der Waals surface area contributed by atoms with Gasteiger partial charge in [0.05, 0.1) is 12.7 Å². The zero-order chi connectivity index (χ0) is 8.97. The maximum absolute atomic E-state index is 11.0. The Labute approximate surface area is 71.7 Å². The Morgan fingerprint density at radius 3 is 2.92 bits per heavy atom. The van der Waals surface area contributed by atoms with E-state index >= 15 is 0 Å². The highest BCUT2D eigenvalue weighted by Crippen LogP contribution is 2.18. The summed E-state index contributed by atoms with van der Waals surface area (Å²) in [7, 11) is 0. The summed E-state index contributed by atoms with van der Waals surface area (Å²) in [5, 5.41) is 0. The lowest BCUT2D eigenvalue weighted by Gasteiger charge is -2.02. The lowest BCUT2D eigenvalue weighted by Crippen LogP contribution is -2.08. The normalized spacial score (nSPS) is 19.8. The summed E-state index contributed by atoms with van der Waals surface area (Å²) in [4.78, 5) is 11.0. The average Bonchev–Trinajstić information content (AvgIpc) is 2.83. The second-order valence-corrected chi connectivity index (χ2v) is 2.65. The van der Waals surface area contributed by atoms with Gasteiger partial charge in [-0.05, 0) is 0 Å². The zero-order valence-electron chi connectivity index (χ0n) is 6.91. The van der Waals surface area contributed by atoms with Crippen LogP contribution >= 0.6 is 0 Å². The van der Waals surface area contributed by atoms with Crippen molar-refractivity contribution in [2.75, 3.05) is 13.2 Å². The number of esters is 1. The van der Waals surface area contributed by atoms with E-state index in [-0.39, 0.29) is 18.7 Å². The first kappa shape index (κ1) is 9.00. The maximum Gasteiger partial charge on any atom is 0.333 e. The second kappa shape index (κ2) is 4.07. The summed E-state index contributed by atoms with van der Waals surface area (Å²) in [6, 6.07) is 0. The van der Waals surface area contributed by atoms with Crippen LogP contribution in [0.2, 0.25) is 0 Å². The van der Waals surface area contributed by atoms with E-state index in [1.54, 1.807) is 0 Å². The molecule has 0 saturated carbocycles. The second-order valence-electron chi connectivity index (χ2n) is 2.65. The molecule has 0 spiro atoms. The molecule has 66 valence electrons. The lowest BCUT2D eigenvalue weighted by atomic mass is 10.2. The highest BCUT2D eigenvalue weighted by atomic mass is 16.6. The van der Waals surface area contributed by atoms with E-state index < -0.39 is 0 Å². The molecule has 0 aliphatic carbocycles. The molecule has 0 aromatic carbocycles. The molecule has 1 fully saturated rings. The summed E-state index contributed by atoms with van der Waals surface area (Å²) in [5.41, 5.74) is 0.472.